The van der Waals surface area contributed by atoms with Gasteiger partial charge in [-0.1, -0.05) is 6.07 Å². The van der Waals surface area contributed by atoms with Crippen LogP contribution in [-0.4, -0.2) is 13.1 Å². The molecule has 0 fully saturated rings. The minimum absolute atomic E-state index is 0.0379. The molecule has 2 aromatic rings. The number of rotatable bonds is 5. The number of thiophene rings is 1. The van der Waals surface area contributed by atoms with Crippen molar-refractivity contribution in [2.45, 2.75) is 13.1 Å². The first kappa shape index (κ1) is 13.7. The Labute approximate surface area is 115 Å². The second-order valence-electron chi connectivity index (χ2n) is 4.04. The Bertz CT molecular complexity index is 555. The number of benzene rings is 1. The van der Waals surface area contributed by atoms with Crippen LogP contribution in [0.4, 0.5) is 4.39 Å². The van der Waals surface area contributed by atoms with Gasteiger partial charge in [0.15, 0.2) is 0 Å². The van der Waals surface area contributed by atoms with E-state index in [4.69, 9.17) is 0 Å². The molecule has 2 rings (SSSR count). The average molecular weight is 279 g/mol. The van der Waals surface area contributed by atoms with Crippen LogP contribution in [0.2, 0.25) is 0 Å². The lowest BCUT2D eigenvalue weighted by Gasteiger charge is -2.06. The molecule has 0 atom stereocenters. The summed E-state index contributed by atoms with van der Waals surface area (Å²) >= 11 is 1.64. The molecule has 0 amide bonds. The quantitative estimate of drug-likeness (QED) is 0.855. The van der Waals surface area contributed by atoms with Crippen molar-refractivity contribution in [3.05, 3.63) is 57.5 Å². The molecule has 19 heavy (non-hydrogen) atoms. The van der Waals surface area contributed by atoms with Gasteiger partial charge in [-0.05, 0) is 40.1 Å². The molecule has 1 heterocycles. The van der Waals surface area contributed by atoms with Crippen LogP contribution in [0.25, 0.3) is 0 Å². The van der Waals surface area contributed by atoms with Gasteiger partial charge in [0.05, 0.1) is 12.7 Å². The summed E-state index contributed by atoms with van der Waals surface area (Å²) in [5.74, 6) is -1.21. The van der Waals surface area contributed by atoms with Gasteiger partial charge in [0, 0.05) is 13.1 Å². The number of methoxy groups -OCH3 is 1. The van der Waals surface area contributed by atoms with Crippen molar-refractivity contribution in [2.75, 3.05) is 7.11 Å². The van der Waals surface area contributed by atoms with E-state index < -0.39 is 11.8 Å². The SMILES string of the molecule is COC(=O)c1ccc(CNCc2ccsc2)cc1F. The highest BCUT2D eigenvalue weighted by atomic mass is 32.1. The van der Waals surface area contributed by atoms with E-state index in [1.807, 2.05) is 11.4 Å². The Hall–Kier alpha value is -1.72. The molecule has 0 spiro atoms. The zero-order valence-corrected chi connectivity index (χ0v) is 11.3. The number of carbonyl (C=O) groups excluding carboxylic acids is 1. The van der Waals surface area contributed by atoms with Crippen molar-refractivity contribution in [2.24, 2.45) is 0 Å². The molecular weight excluding hydrogens is 265 g/mol. The molecule has 3 nitrogen and oxygen atoms in total. The Kier molecular flexibility index (Phi) is 4.65. The van der Waals surface area contributed by atoms with E-state index in [9.17, 15) is 9.18 Å². The molecular formula is C14H14FNO2S. The van der Waals surface area contributed by atoms with Gasteiger partial charge in [-0.2, -0.15) is 11.3 Å². The Morgan fingerprint density at radius 3 is 2.74 bits per heavy atom. The summed E-state index contributed by atoms with van der Waals surface area (Å²) in [6.07, 6.45) is 0. The van der Waals surface area contributed by atoms with Crippen molar-refractivity contribution in [1.29, 1.82) is 0 Å². The minimum Gasteiger partial charge on any atom is -0.465 e. The predicted molar refractivity (Wildman–Crippen MR) is 72.6 cm³/mol. The van der Waals surface area contributed by atoms with Crippen molar-refractivity contribution >= 4 is 17.3 Å². The van der Waals surface area contributed by atoms with Crippen molar-refractivity contribution < 1.29 is 13.9 Å². The van der Waals surface area contributed by atoms with E-state index in [0.29, 0.717) is 6.54 Å². The largest absolute Gasteiger partial charge is 0.465 e. The third-order valence-corrected chi connectivity index (χ3v) is 3.41. The molecule has 0 bridgehead atoms. The summed E-state index contributed by atoms with van der Waals surface area (Å²) in [5, 5.41) is 7.30. The maximum atomic E-state index is 13.7. The van der Waals surface area contributed by atoms with E-state index in [2.05, 4.69) is 15.4 Å². The maximum absolute atomic E-state index is 13.7. The van der Waals surface area contributed by atoms with Crippen LogP contribution in [0, 0.1) is 5.82 Å². The van der Waals surface area contributed by atoms with Crippen LogP contribution in [0.15, 0.2) is 35.0 Å². The van der Waals surface area contributed by atoms with Gasteiger partial charge in [-0.25, -0.2) is 9.18 Å². The van der Waals surface area contributed by atoms with Crippen LogP contribution < -0.4 is 5.32 Å². The van der Waals surface area contributed by atoms with Gasteiger partial charge in [-0.15, -0.1) is 0 Å². The van der Waals surface area contributed by atoms with E-state index in [1.54, 1.807) is 17.4 Å². The highest BCUT2D eigenvalue weighted by Crippen LogP contribution is 2.12. The minimum atomic E-state index is -0.657. The smallest absolute Gasteiger partial charge is 0.340 e. The summed E-state index contributed by atoms with van der Waals surface area (Å²) in [6, 6.07) is 6.56. The lowest BCUT2D eigenvalue weighted by molar-refractivity contribution is 0.0595. The van der Waals surface area contributed by atoms with E-state index in [0.717, 1.165) is 12.1 Å². The van der Waals surface area contributed by atoms with E-state index in [1.165, 1.54) is 24.8 Å². The number of hydrogen-bond donors (Lipinski definition) is 1. The van der Waals surface area contributed by atoms with Gasteiger partial charge < -0.3 is 10.1 Å². The zero-order chi connectivity index (χ0) is 13.7. The molecule has 1 aromatic carbocycles. The molecule has 0 aliphatic rings. The first-order valence-electron chi connectivity index (χ1n) is 5.79. The average Bonchev–Trinajstić information content (AvgIpc) is 2.91. The summed E-state index contributed by atoms with van der Waals surface area (Å²) in [7, 11) is 1.23. The molecule has 5 heteroatoms. The van der Waals surface area contributed by atoms with Crippen LogP contribution in [0.5, 0.6) is 0 Å². The van der Waals surface area contributed by atoms with Crippen molar-refractivity contribution in [3.8, 4) is 0 Å². The second kappa shape index (κ2) is 6.45. The zero-order valence-electron chi connectivity index (χ0n) is 10.5. The van der Waals surface area contributed by atoms with E-state index in [-0.39, 0.29) is 5.56 Å². The predicted octanol–water partition coefficient (Wildman–Crippen LogP) is 2.96. The molecule has 0 saturated heterocycles. The summed E-state index contributed by atoms with van der Waals surface area (Å²) in [5.41, 5.74) is 1.96. The van der Waals surface area contributed by atoms with Crippen LogP contribution in [-0.2, 0) is 17.8 Å². The molecule has 0 radical (unpaired) electrons. The number of esters is 1. The van der Waals surface area contributed by atoms with Crippen LogP contribution in [0.3, 0.4) is 0 Å². The van der Waals surface area contributed by atoms with Crippen LogP contribution >= 0.6 is 11.3 Å². The van der Waals surface area contributed by atoms with Gasteiger partial charge in [0.25, 0.3) is 0 Å². The van der Waals surface area contributed by atoms with Gasteiger partial charge >= 0.3 is 5.97 Å². The number of nitrogens with one attached hydrogen (secondary N) is 1. The summed E-state index contributed by atoms with van der Waals surface area (Å²) < 4.78 is 18.2. The highest BCUT2D eigenvalue weighted by Gasteiger charge is 2.11. The van der Waals surface area contributed by atoms with Crippen LogP contribution in [0.1, 0.15) is 21.5 Å². The van der Waals surface area contributed by atoms with Crippen molar-refractivity contribution in [3.63, 3.8) is 0 Å². The first-order valence-corrected chi connectivity index (χ1v) is 6.73. The summed E-state index contributed by atoms with van der Waals surface area (Å²) in [4.78, 5) is 11.2. The summed E-state index contributed by atoms with van der Waals surface area (Å²) in [6.45, 7) is 1.29. The van der Waals surface area contributed by atoms with Crippen molar-refractivity contribution in [1.82, 2.24) is 5.32 Å². The van der Waals surface area contributed by atoms with Gasteiger partial charge in [0.2, 0.25) is 0 Å². The Balaban J connectivity index is 1.94. The van der Waals surface area contributed by atoms with E-state index >= 15 is 0 Å². The monoisotopic (exact) mass is 279 g/mol. The number of hydrogen-bond acceptors (Lipinski definition) is 4. The maximum Gasteiger partial charge on any atom is 0.340 e. The third-order valence-electron chi connectivity index (χ3n) is 2.68. The molecule has 0 unspecified atom stereocenters. The molecule has 1 aromatic heterocycles. The lowest BCUT2D eigenvalue weighted by Crippen LogP contribution is -2.13. The third kappa shape index (κ3) is 3.62. The fraction of sp³-hybridized carbons (Fsp3) is 0.214. The highest BCUT2D eigenvalue weighted by molar-refractivity contribution is 7.07. The second-order valence-corrected chi connectivity index (χ2v) is 4.82. The Morgan fingerprint density at radius 2 is 2.11 bits per heavy atom. The topological polar surface area (TPSA) is 38.3 Å². The molecule has 100 valence electrons. The molecule has 1 N–H and O–H groups in total. The molecule has 0 saturated carbocycles. The number of carbonyl (C=O) groups is 1. The molecule has 0 aliphatic heterocycles. The van der Waals surface area contributed by atoms with Gasteiger partial charge in [-0.3, -0.25) is 0 Å². The molecule has 0 aliphatic carbocycles. The Morgan fingerprint density at radius 1 is 1.32 bits per heavy atom. The number of ether oxygens (including phenoxy) is 1. The first-order chi connectivity index (χ1) is 9.20. The number of halogens is 1. The lowest BCUT2D eigenvalue weighted by atomic mass is 10.1. The van der Waals surface area contributed by atoms with Gasteiger partial charge in [0.1, 0.15) is 5.82 Å². The fourth-order valence-electron chi connectivity index (χ4n) is 1.69. The normalized spacial score (nSPS) is 10.4. The standard InChI is InChI=1S/C14H14FNO2S/c1-18-14(17)12-3-2-10(6-13(12)15)7-16-8-11-4-5-19-9-11/h2-6,9,16H,7-8H2,1H3. The fourth-order valence-corrected chi connectivity index (χ4v) is 2.36.